The standard InChI is InChI=1S/C16H23N3O3S.ClH/c20-16(18-12-8-17-9-13-18)14-6-2-3-7-15(14)23(21,22)19-10-4-1-5-11-19;/h2-3,6-7,17H,1,4-5,8-13H2;1H. The first-order valence-electron chi connectivity index (χ1n) is 8.20. The molecule has 0 aromatic heterocycles. The Labute approximate surface area is 149 Å². The van der Waals surface area contributed by atoms with Crippen LogP contribution in [0.3, 0.4) is 0 Å². The molecule has 0 saturated carbocycles. The normalized spacial score (nSPS) is 19.6. The van der Waals surface area contributed by atoms with Crippen molar-refractivity contribution < 1.29 is 13.2 Å². The first kappa shape index (κ1) is 19.2. The highest BCUT2D eigenvalue weighted by Crippen LogP contribution is 2.24. The Morgan fingerprint density at radius 2 is 1.58 bits per heavy atom. The van der Waals surface area contributed by atoms with Crippen molar-refractivity contribution in [2.24, 2.45) is 0 Å². The molecule has 134 valence electrons. The van der Waals surface area contributed by atoms with Crippen molar-refractivity contribution in [3.05, 3.63) is 29.8 Å². The quantitative estimate of drug-likeness (QED) is 0.867. The summed E-state index contributed by atoms with van der Waals surface area (Å²) < 4.78 is 27.4. The molecule has 0 unspecified atom stereocenters. The highest BCUT2D eigenvalue weighted by molar-refractivity contribution is 7.89. The minimum absolute atomic E-state index is 0. The number of hydrogen-bond acceptors (Lipinski definition) is 4. The lowest BCUT2D eigenvalue weighted by Gasteiger charge is -2.30. The maximum absolute atomic E-state index is 12.9. The van der Waals surface area contributed by atoms with E-state index in [1.54, 1.807) is 29.2 Å². The van der Waals surface area contributed by atoms with E-state index in [0.29, 0.717) is 31.7 Å². The molecule has 1 N–H and O–H groups in total. The molecule has 6 nitrogen and oxygen atoms in total. The Balaban J connectivity index is 0.00000208. The van der Waals surface area contributed by atoms with E-state index in [-0.39, 0.29) is 23.2 Å². The number of carbonyl (C=O) groups excluding carboxylic acids is 1. The minimum Gasteiger partial charge on any atom is -0.336 e. The fourth-order valence-corrected chi connectivity index (χ4v) is 4.85. The summed E-state index contributed by atoms with van der Waals surface area (Å²) in [5.74, 6) is -0.192. The van der Waals surface area contributed by atoms with Gasteiger partial charge in [0.1, 0.15) is 0 Å². The molecule has 0 bridgehead atoms. The summed E-state index contributed by atoms with van der Waals surface area (Å²) in [6, 6.07) is 6.59. The number of amides is 1. The Hall–Kier alpha value is -1.15. The van der Waals surface area contributed by atoms with E-state index in [1.807, 2.05) is 0 Å². The van der Waals surface area contributed by atoms with E-state index < -0.39 is 10.0 Å². The number of nitrogens with zero attached hydrogens (tertiary/aromatic N) is 2. The van der Waals surface area contributed by atoms with Crippen LogP contribution in [0.5, 0.6) is 0 Å². The summed E-state index contributed by atoms with van der Waals surface area (Å²) in [5.41, 5.74) is 0.292. The van der Waals surface area contributed by atoms with Gasteiger partial charge in [0.05, 0.1) is 10.5 Å². The lowest BCUT2D eigenvalue weighted by molar-refractivity contribution is 0.0731. The Morgan fingerprint density at radius 3 is 2.25 bits per heavy atom. The predicted molar refractivity (Wildman–Crippen MR) is 95.1 cm³/mol. The van der Waals surface area contributed by atoms with Crippen molar-refractivity contribution in [1.82, 2.24) is 14.5 Å². The lowest BCUT2D eigenvalue weighted by Crippen LogP contribution is -2.47. The maximum Gasteiger partial charge on any atom is 0.255 e. The van der Waals surface area contributed by atoms with Crippen LogP contribution >= 0.6 is 12.4 Å². The molecule has 0 aliphatic carbocycles. The summed E-state index contributed by atoms with van der Waals surface area (Å²) in [6.45, 7) is 3.78. The van der Waals surface area contributed by atoms with E-state index in [1.165, 1.54) is 4.31 Å². The molecular formula is C16H24ClN3O3S. The third-order valence-electron chi connectivity index (χ3n) is 4.45. The fourth-order valence-electron chi connectivity index (χ4n) is 3.15. The monoisotopic (exact) mass is 373 g/mol. The van der Waals surface area contributed by atoms with E-state index in [2.05, 4.69) is 5.32 Å². The van der Waals surface area contributed by atoms with Crippen LogP contribution in [0.25, 0.3) is 0 Å². The van der Waals surface area contributed by atoms with Crippen molar-refractivity contribution >= 4 is 28.3 Å². The molecule has 1 aromatic carbocycles. The van der Waals surface area contributed by atoms with Crippen LogP contribution in [0.15, 0.2) is 29.2 Å². The maximum atomic E-state index is 12.9. The van der Waals surface area contributed by atoms with Crippen LogP contribution in [-0.4, -0.2) is 62.8 Å². The lowest BCUT2D eigenvalue weighted by atomic mass is 10.2. The van der Waals surface area contributed by atoms with Gasteiger partial charge in [-0.05, 0) is 25.0 Å². The highest BCUT2D eigenvalue weighted by atomic mass is 35.5. The summed E-state index contributed by atoms with van der Waals surface area (Å²) in [7, 11) is -3.61. The Morgan fingerprint density at radius 1 is 0.958 bits per heavy atom. The van der Waals surface area contributed by atoms with Crippen LogP contribution < -0.4 is 5.32 Å². The molecular weight excluding hydrogens is 350 g/mol. The first-order valence-corrected chi connectivity index (χ1v) is 9.64. The topological polar surface area (TPSA) is 69.7 Å². The van der Waals surface area contributed by atoms with Crippen molar-refractivity contribution in [3.8, 4) is 0 Å². The van der Waals surface area contributed by atoms with Crippen LogP contribution in [0.2, 0.25) is 0 Å². The van der Waals surface area contributed by atoms with Gasteiger partial charge in [0.15, 0.2) is 0 Å². The molecule has 24 heavy (non-hydrogen) atoms. The van der Waals surface area contributed by atoms with Crippen molar-refractivity contribution in [1.29, 1.82) is 0 Å². The molecule has 2 aliphatic rings. The smallest absolute Gasteiger partial charge is 0.255 e. The second-order valence-corrected chi connectivity index (χ2v) is 7.91. The number of hydrogen-bond donors (Lipinski definition) is 1. The summed E-state index contributed by atoms with van der Waals surface area (Å²) in [4.78, 5) is 14.6. The van der Waals surface area contributed by atoms with Crippen LogP contribution in [0.4, 0.5) is 0 Å². The number of sulfonamides is 1. The second-order valence-electron chi connectivity index (χ2n) is 6.00. The van der Waals surface area contributed by atoms with Gasteiger partial charge in [0.2, 0.25) is 10.0 Å². The summed E-state index contributed by atoms with van der Waals surface area (Å²) in [6.07, 6.45) is 2.83. The zero-order valence-electron chi connectivity index (χ0n) is 13.6. The highest BCUT2D eigenvalue weighted by Gasteiger charge is 2.31. The van der Waals surface area contributed by atoms with Crippen molar-refractivity contribution in [2.45, 2.75) is 24.2 Å². The predicted octanol–water partition coefficient (Wildman–Crippen LogP) is 1.33. The molecule has 0 radical (unpaired) electrons. The van der Waals surface area contributed by atoms with Gasteiger partial charge in [-0.3, -0.25) is 4.79 Å². The average molecular weight is 374 g/mol. The second kappa shape index (κ2) is 8.29. The molecule has 2 aliphatic heterocycles. The minimum atomic E-state index is -3.61. The molecule has 2 fully saturated rings. The first-order chi connectivity index (χ1) is 11.1. The van der Waals surface area contributed by atoms with Crippen LogP contribution in [0, 0.1) is 0 Å². The number of carbonyl (C=O) groups is 1. The number of piperazine rings is 1. The van der Waals surface area contributed by atoms with Gasteiger partial charge in [0, 0.05) is 39.3 Å². The Bertz CT molecular complexity index is 669. The summed E-state index contributed by atoms with van der Waals surface area (Å²) >= 11 is 0. The average Bonchev–Trinajstić information content (AvgIpc) is 2.62. The number of nitrogens with one attached hydrogen (secondary N) is 1. The molecule has 1 aromatic rings. The van der Waals surface area contributed by atoms with Crippen molar-refractivity contribution in [2.75, 3.05) is 39.3 Å². The zero-order chi connectivity index (χ0) is 16.3. The van der Waals surface area contributed by atoms with E-state index >= 15 is 0 Å². The van der Waals surface area contributed by atoms with E-state index in [9.17, 15) is 13.2 Å². The van der Waals surface area contributed by atoms with Gasteiger partial charge in [-0.15, -0.1) is 12.4 Å². The third kappa shape index (κ3) is 3.91. The Kier molecular flexibility index (Phi) is 6.62. The number of benzene rings is 1. The molecule has 0 atom stereocenters. The number of halogens is 1. The molecule has 2 saturated heterocycles. The van der Waals surface area contributed by atoms with Gasteiger partial charge in [-0.25, -0.2) is 8.42 Å². The van der Waals surface area contributed by atoms with Crippen molar-refractivity contribution in [3.63, 3.8) is 0 Å². The van der Waals surface area contributed by atoms with E-state index in [0.717, 1.165) is 32.4 Å². The molecule has 2 heterocycles. The van der Waals surface area contributed by atoms with Gasteiger partial charge < -0.3 is 10.2 Å². The zero-order valence-corrected chi connectivity index (χ0v) is 15.2. The van der Waals surface area contributed by atoms with Gasteiger partial charge in [-0.1, -0.05) is 18.6 Å². The van der Waals surface area contributed by atoms with Gasteiger partial charge in [-0.2, -0.15) is 4.31 Å². The molecule has 8 heteroatoms. The van der Waals surface area contributed by atoms with Crippen LogP contribution in [-0.2, 0) is 10.0 Å². The van der Waals surface area contributed by atoms with E-state index in [4.69, 9.17) is 0 Å². The molecule has 0 spiro atoms. The molecule has 3 rings (SSSR count). The largest absolute Gasteiger partial charge is 0.336 e. The fraction of sp³-hybridized carbons (Fsp3) is 0.562. The number of piperidine rings is 1. The SMILES string of the molecule is Cl.O=C(c1ccccc1S(=O)(=O)N1CCCCC1)N1CCNCC1. The summed E-state index contributed by atoms with van der Waals surface area (Å²) in [5, 5.41) is 3.20. The van der Waals surface area contributed by atoms with Gasteiger partial charge in [0.25, 0.3) is 5.91 Å². The van der Waals surface area contributed by atoms with Crippen LogP contribution in [0.1, 0.15) is 29.6 Å². The number of rotatable bonds is 3. The molecule has 1 amide bonds. The van der Waals surface area contributed by atoms with Gasteiger partial charge >= 0.3 is 0 Å². The third-order valence-corrected chi connectivity index (χ3v) is 6.41.